The van der Waals surface area contributed by atoms with Crippen LogP contribution in [-0.4, -0.2) is 9.97 Å². The zero-order valence-electron chi connectivity index (χ0n) is 14.4. The molecule has 0 bridgehead atoms. The molecule has 1 aromatic heterocycles. The lowest BCUT2D eigenvalue weighted by Gasteiger charge is -2.11. The van der Waals surface area contributed by atoms with Crippen molar-refractivity contribution >= 4 is 28.9 Å². The lowest BCUT2D eigenvalue weighted by molar-refractivity contribution is 1.03. The molecule has 0 unspecified atom stereocenters. The fourth-order valence-electron chi connectivity index (χ4n) is 2.52. The molecule has 2 N–H and O–H groups in total. The van der Waals surface area contributed by atoms with Crippen molar-refractivity contribution in [3.05, 3.63) is 76.6 Å². The van der Waals surface area contributed by atoms with E-state index in [1.54, 1.807) is 0 Å². The Kier molecular flexibility index (Phi) is 5.51. The van der Waals surface area contributed by atoms with Gasteiger partial charge in [0.25, 0.3) is 0 Å². The molecule has 3 rings (SSSR count). The number of rotatable bonds is 6. The number of aromatic nitrogens is 2. The van der Waals surface area contributed by atoms with Gasteiger partial charge in [-0.05, 0) is 42.7 Å². The Morgan fingerprint density at radius 3 is 2.40 bits per heavy atom. The largest absolute Gasteiger partial charge is 0.366 e. The second-order valence-electron chi connectivity index (χ2n) is 5.81. The predicted octanol–water partition coefficient (Wildman–Crippen LogP) is 5.36. The number of nitrogens with zero attached hydrogens (tertiary/aromatic N) is 2. The van der Waals surface area contributed by atoms with E-state index in [2.05, 4.69) is 51.8 Å². The van der Waals surface area contributed by atoms with E-state index in [4.69, 9.17) is 11.6 Å². The molecule has 3 aromatic rings. The van der Waals surface area contributed by atoms with Gasteiger partial charge < -0.3 is 10.6 Å². The average Bonchev–Trinajstić information content (AvgIpc) is 2.61. The minimum absolute atomic E-state index is 0.612. The lowest BCUT2D eigenvalue weighted by atomic mass is 10.1. The van der Waals surface area contributed by atoms with E-state index < -0.39 is 0 Å². The first kappa shape index (κ1) is 17.2. The highest BCUT2D eigenvalue weighted by Gasteiger charge is 2.04. The van der Waals surface area contributed by atoms with Crippen LogP contribution in [0, 0.1) is 6.92 Å². The molecule has 0 aliphatic heterocycles. The summed E-state index contributed by atoms with van der Waals surface area (Å²) in [5.41, 5.74) is 3.35. The van der Waals surface area contributed by atoms with Crippen molar-refractivity contribution in [1.29, 1.82) is 0 Å². The minimum Gasteiger partial charge on any atom is -0.366 e. The number of hydrogen-bond donors (Lipinski definition) is 2. The third-order valence-electron chi connectivity index (χ3n) is 3.89. The Labute approximate surface area is 153 Å². The van der Waals surface area contributed by atoms with Crippen LogP contribution in [0.15, 0.2) is 54.6 Å². The molecule has 0 fully saturated rings. The predicted molar refractivity (Wildman–Crippen MR) is 105 cm³/mol. The first-order chi connectivity index (χ1) is 12.1. The molecule has 0 radical (unpaired) electrons. The molecule has 4 nitrogen and oxygen atoms in total. The highest BCUT2D eigenvalue weighted by Crippen LogP contribution is 2.20. The van der Waals surface area contributed by atoms with Gasteiger partial charge in [-0.2, -0.15) is 0 Å². The number of nitrogens with one attached hydrogen (secondary N) is 2. The van der Waals surface area contributed by atoms with Crippen LogP contribution in [0.1, 0.15) is 23.9 Å². The summed E-state index contributed by atoms with van der Waals surface area (Å²) >= 11 is 6.20. The molecule has 0 spiro atoms. The SMILES string of the molecule is CCc1ccc(Nc2cc(NCc3ccccc3Cl)nc(C)n2)cc1. The zero-order valence-corrected chi connectivity index (χ0v) is 15.1. The monoisotopic (exact) mass is 352 g/mol. The van der Waals surface area contributed by atoms with E-state index in [0.29, 0.717) is 12.4 Å². The van der Waals surface area contributed by atoms with E-state index in [1.807, 2.05) is 37.3 Å². The summed E-state index contributed by atoms with van der Waals surface area (Å²) in [4.78, 5) is 8.90. The first-order valence-electron chi connectivity index (χ1n) is 8.33. The number of benzene rings is 2. The smallest absolute Gasteiger partial charge is 0.136 e. The average molecular weight is 353 g/mol. The Balaban J connectivity index is 1.72. The summed E-state index contributed by atoms with van der Waals surface area (Å²) in [5.74, 6) is 2.23. The Morgan fingerprint density at radius 1 is 0.960 bits per heavy atom. The van der Waals surface area contributed by atoms with E-state index >= 15 is 0 Å². The molecule has 2 aromatic carbocycles. The van der Waals surface area contributed by atoms with Crippen molar-refractivity contribution in [2.75, 3.05) is 10.6 Å². The van der Waals surface area contributed by atoms with E-state index in [0.717, 1.165) is 34.3 Å². The fraction of sp³-hybridized carbons (Fsp3) is 0.200. The van der Waals surface area contributed by atoms with Crippen LogP contribution in [0.4, 0.5) is 17.3 Å². The normalized spacial score (nSPS) is 10.5. The van der Waals surface area contributed by atoms with Gasteiger partial charge in [-0.15, -0.1) is 0 Å². The van der Waals surface area contributed by atoms with E-state index in [9.17, 15) is 0 Å². The molecule has 0 saturated carbocycles. The number of aryl methyl sites for hydroxylation is 2. The number of hydrogen-bond acceptors (Lipinski definition) is 4. The molecular formula is C20H21ClN4. The molecule has 5 heteroatoms. The van der Waals surface area contributed by atoms with Gasteiger partial charge in [0.1, 0.15) is 17.5 Å². The topological polar surface area (TPSA) is 49.8 Å². The quantitative estimate of drug-likeness (QED) is 0.627. The van der Waals surface area contributed by atoms with Gasteiger partial charge in [-0.3, -0.25) is 0 Å². The van der Waals surface area contributed by atoms with Crippen LogP contribution in [0.5, 0.6) is 0 Å². The van der Waals surface area contributed by atoms with Gasteiger partial charge in [0.15, 0.2) is 0 Å². The summed E-state index contributed by atoms with van der Waals surface area (Å²) < 4.78 is 0. The van der Waals surface area contributed by atoms with Crippen molar-refractivity contribution in [1.82, 2.24) is 9.97 Å². The second kappa shape index (κ2) is 7.99. The van der Waals surface area contributed by atoms with Gasteiger partial charge in [0, 0.05) is 23.3 Å². The van der Waals surface area contributed by atoms with Crippen LogP contribution in [0.25, 0.3) is 0 Å². The molecule has 128 valence electrons. The van der Waals surface area contributed by atoms with Crippen LogP contribution >= 0.6 is 11.6 Å². The molecule has 1 heterocycles. The van der Waals surface area contributed by atoms with Crippen LogP contribution in [-0.2, 0) is 13.0 Å². The molecule has 0 aliphatic carbocycles. The molecule has 0 saturated heterocycles. The van der Waals surface area contributed by atoms with E-state index in [1.165, 1.54) is 5.56 Å². The third-order valence-corrected chi connectivity index (χ3v) is 4.26. The fourth-order valence-corrected chi connectivity index (χ4v) is 2.72. The van der Waals surface area contributed by atoms with Gasteiger partial charge >= 0.3 is 0 Å². The van der Waals surface area contributed by atoms with Crippen LogP contribution < -0.4 is 10.6 Å². The second-order valence-corrected chi connectivity index (χ2v) is 6.21. The highest BCUT2D eigenvalue weighted by atomic mass is 35.5. The van der Waals surface area contributed by atoms with Gasteiger partial charge in [-0.25, -0.2) is 9.97 Å². The minimum atomic E-state index is 0.612. The number of anilines is 3. The summed E-state index contributed by atoms with van der Waals surface area (Å²) in [7, 11) is 0. The highest BCUT2D eigenvalue weighted by molar-refractivity contribution is 6.31. The summed E-state index contributed by atoms with van der Waals surface area (Å²) in [5, 5.41) is 7.39. The molecule has 25 heavy (non-hydrogen) atoms. The third kappa shape index (κ3) is 4.70. The van der Waals surface area contributed by atoms with Crippen molar-refractivity contribution in [2.24, 2.45) is 0 Å². The summed E-state index contributed by atoms with van der Waals surface area (Å²) in [6.07, 6.45) is 1.03. The first-order valence-corrected chi connectivity index (χ1v) is 8.71. The van der Waals surface area contributed by atoms with Gasteiger partial charge in [0.2, 0.25) is 0 Å². The van der Waals surface area contributed by atoms with Crippen molar-refractivity contribution in [3.8, 4) is 0 Å². The molecule has 0 aliphatic rings. The molecule has 0 amide bonds. The molecule has 0 atom stereocenters. The maximum atomic E-state index is 6.20. The molecular weight excluding hydrogens is 332 g/mol. The standard InChI is InChI=1S/C20H21ClN4/c1-3-15-8-10-17(11-9-15)25-20-12-19(23-14(2)24-20)22-13-16-6-4-5-7-18(16)21/h4-12H,3,13H2,1-2H3,(H2,22,23,24,25). The lowest BCUT2D eigenvalue weighted by Crippen LogP contribution is -2.05. The van der Waals surface area contributed by atoms with Crippen molar-refractivity contribution in [2.45, 2.75) is 26.8 Å². The summed E-state index contributed by atoms with van der Waals surface area (Å²) in [6.45, 7) is 4.64. The van der Waals surface area contributed by atoms with Crippen molar-refractivity contribution < 1.29 is 0 Å². The number of halogens is 1. The maximum Gasteiger partial charge on any atom is 0.136 e. The zero-order chi connectivity index (χ0) is 17.6. The van der Waals surface area contributed by atoms with Gasteiger partial charge in [-0.1, -0.05) is 48.9 Å². The maximum absolute atomic E-state index is 6.20. The Morgan fingerprint density at radius 2 is 1.68 bits per heavy atom. The van der Waals surface area contributed by atoms with Crippen LogP contribution in [0.2, 0.25) is 5.02 Å². The van der Waals surface area contributed by atoms with Crippen molar-refractivity contribution in [3.63, 3.8) is 0 Å². The Bertz CT molecular complexity index is 847. The van der Waals surface area contributed by atoms with Gasteiger partial charge in [0.05, 0.1) is 0 Å². The summed E-state index contributed by atoms with van der Waals surface area (Å²) in [6, 6.07) is 18.0. The Hall–Kier alpha value is -2.59. The van der Waals surface area contributed by atoms with Crippen LogP contribution in [0.3, 0.4) is 0 Å². The van der Waals surface area contributed by atoms with E-state index in [-0.39, 0.29) is 0 Å².